The molecule has 0 aliphatic heterocycles. The van der Waals surface area contributed by atoms with Crippen LogP contribution in [0.1, 0.15) is 352 Å². The Hall–Kier alpha value is -11.8. The number of phenols is 4. The lowest BCUT2D eigenvalue weighted by Gasteiger charge is -2.64. The van der Waals surface area contributed by atoms with Gasteiger partial charge < -0.3 is 78.0 Å². The second-order valence-corrected chi connectivity index (χ2v) is 47.4. The third kappa shape index (κ3) is 17.5. The number of fused-ring (bicyclic) bond motifs is 8. The van der Waals surface area contributed by atoms with Crippen LogP contribution >= 0.6 is 0 Å². The van der Waals surface area contributed by atoms with Gasteiger partial charge in [-0.3, -0.25) is 0 Å². The molecule has 17 aliphatic rings. The molecule has 144 heavy (non-hydrogen) atoms. The van der Waals surface area contributed by atoms with Crippen molar-refractivity contribution in [1.29, 1.82) is 0 Å². The SMILES string of the molecule is CCC1C2CC3CC(C)(C2)CC1(OC(=O)COC(=O)c1ccc(C2c4cc(c(OC)cc4O)C(c4ccc(C(=O)OCC(=O)OC56CC7CC(CC(C)(C7)C5)C6CC)cc4)c4cc(c(OC)cc4O)C(c4ccc(C(=O)OCC(=O)OC56CC7CC(CC(C)(C7)C5)C6CC)cc4)c4cc(c(CO)cc4O)C(c4ccc(C(=O)OCC(=O)OC56CC7CC(CC(C)(C7)C5)C6CC)cc4)c4cc2c(CO)cc4O)cc1)C3. The number of esters is 8. The molecule has 0 amide bonds. The average Bonchev–Trinajstić information content (AvgIpc) is 0.713. The minimum Gasteiger partial charge on any atom is -0.508 e. The monoisotopic (exact) mass is 1960 g/mol. The molecule has 0 aromatic heterocycles. The molecule has 16 fully saturated rings. The highest BCUT2D eigenvalue weighted by Crippen LogP contribution is 2.71. The van der Waals surface area contributed by atoms with E-state index in [9.17, 15) is 69.0 Å². The smallest absolute Gasteiger partial charge is 0.344 e. The van der Waals surface area contributed by atoms with E-state index in [2.05, 4.69) is 55.4 Å². The molecule has 8 aromatic rings. The van der Waals surface area contributed by atoms with Crippen LogP contribution in [0.3, 0.4) is 0 Å². The van der Waals surface area contributed by atoms with Gasteiger partial charge in [-0.2, -0.15) is 0 Å². The number of carbonyl (C=O) groups is 8. The lowest BCUT2D eigenvalue weighted by molar-refractivity contribution is -0.227. The van der Waals surface area contributed by atoms with Gasteiger partial charge in [0, 0.05) is 92.9 Å². The predicted molar refractivity (Wildman–Crippen MR) is 531 cm³/mol. The minimum absolute atomic E-state index is 0.0368. The summed E-state index contributed by atoms with van der Waals surface area (Å²) in [6.45, 7) is 13.7. The van der Waals surface area contributed by atoms with E-state index in [-0.39, 0.29) is 158 Å². The molecule has 760 valence electrons. The Morgan fingerprint density at radius 1 is 0.292 bits per heavy atom. The quantitative estimate of drug-likeness (QED) is 0.0196. The zero-order valence-corrected chi connectivity index (χ0v) is 84.3. The number of ether oxygens (including phenoxy) is 10. The van der Waals surface area contributed by atoms with E-state index in [0.717, 1.165) is 154 Å². The van der Waals surface area contributed by atoms with Gasteiger partial charge >= 0.3 is 47.8 Å². The van der Waals surface area contributed by atoms with E-state index in [0.29, 0.717) is 69.6 Å². The fraction of sp³-hybridized carbons (Fsp3) is 0.533. The zero-order chi connectivity index (χ0) is 101. The van der Waals surface area contributed by atoms with Crippen LogP contribution < -0.4 is 9.47 Å². The summed E-state index contributed by atoms with van der Waals surface area (Å²) in [4.78, 5) is 115. The molecular weight excluding hydrogens is 1830 g/mol. The van der Waals surface area contributed by atoms with Gasteiger partial charge in [0.1, 0.15) is 56.9 Å². The molecule has 24 nitrogen and oxygen atoms in total. The molecule has 17 aliphatic carbocycles. The van der Waals surface area contributed by atoms with Crippen LogP contribution in [0.15, 0.2) is 146 Å². The number of hydrogen-bond acceptors (Lipinski definition) is 24. The Kier molecular flexibility index (Phi) is 25.5. The Morgan fingerprint density at radius 2 is 0.514 bits per heavy atom. The van der Waals surface area contributed by atoms with Crippen LogP contribution in [0.4, 0.5) is 0 Å². The maximum absolute atomic E-state index is 14.6. The lowest BCUT2D eigenvalue weighted by Crippen LogP contribution is -2.62. The molecule has 8 aromatic carbocycles. The van der Waals surface area contributed by atoms with Crippen molar-refractivity contribution >= 4 is 47.8 Å². The summed E-state index contributed by atoms with van der Waals surface area (Å²) in [6.07, 6.45) is 22.6. The first-order valence-electron chi connectivity index (χ1n) is 52.7. The normalized spacial score (nSPS) is 33.1. The van der Waals surface area contributed by atoms with Crippen LogP contribution in [0.25, 0.3) is 0 Å². The van der Waals surface area contributed by atoms with Crippen molar-refractivity contribution in [2.45, 2.75) is 269 Å². The second kappa shape index (κ2) is 37.3. The molecule has 6 N–H and O–H groups in total. The molecule has 0 radical (unpaired) electrons. The van der Waals surface area contributed by atoms with E-state index in [4.69, 9.17) is 47.4 Å². The predicted octanol–water partition coefficient (Wildman–Crippen LogP) is 21.3. The van der Waals surface area contributed by atoms with Crippen molar-refractivity contribution < 1.29 is 116 Å². The summed E-state index contributed by atoms with van der Waals surface area (Å²) in [5.41, 5.74) is 1.09. The molecular formula is C120H136O24. The van der Waals surface area contributed by atoms with Crippen LogP contribution in [0.5, 0.6) is 34.5 Å². The third-order valence-electron chi connectivity index (χ3n) is 37.5. The van der Waals surface area contributed by atoms with Gasteiger partial charge in [0.05, 0.1) is 49.7 Å². The number of rotatable bonds is 28. The van der Waals surface area contributed by atoms with Gasteiger partial charge in [0.2, 0.25) is 0 Å². The fourth-order valence-corrected chi connectivity index (χ4v) is 34.2. The Morgan fingerprint density at radius 3 is 0.729 bits per heavy atom. The number of methoxy groups -OCH3 is 2. The number of hydrogen-bond donors (Lipinski definition) is 6. The van der Waals surface area contributed by atoms with Crippen molar-refractivity contribution in [2.75, 3.05) is 40.6 Å². The van der Waals surface area contributed by atoms with Gasteiger partial charge in [-0.15, -0.1) is 0 Å². The van der Waals surface area contributed by atoms with Crippen LogP contribution in [0.2, 0.25) is 0 Å². The molecule has 24 heteroatoms. The van der Waals surface area contributed by atoms with Gasteiger partial charge in [-0.05, 0) is 353 Å². The minimum atomic E-state index is -1.26. The van der Waals surface area contributed by atoms with Gasteiger partial charge in [-0.25, -0.2) is 38.4 Å². The van der Waals surface area contributed by atoms with Crippen LogP contribution in [-0.4, -0.2) is 141 Å². The molecule has 24 atom stereocenters. The first-order valence-corrected chi connectivity index (χ1v) is 52.7. The Balaban J connectivity index is 0.687. The highest BCUT2D eigenvalue weighted by Gasteiger charge is 2.67. The molecule has 16 saturated carbocycles. The molecule has 25 rings (SSSR count). The Bertz CT molecular complexity index is 5640. The number of aliphatic hydroxyl groups is 2. The third-order valence-corrected chi connectivity index (χ3v) is 37.5. The van der Waals surface area contributed by atoms with Gasteiger partial charge in [-0.1, -0.05) is 104 Å². The number of benzene rings is 8. The van der Waals surface area contributed by atoms with E-state index in [1.807, 2.05) is 0 Å². The Labute approximate surface area is 841 Å². The summed E-state index contributed by atoms with van der Waals surface area (Å²) in [5, 5.41) is 77.4. The standard InChI is InChI=1S/C120H136O24/c1-11-91-77-31-65-43-113(5,51-77)61-117(91,47-65)141-101(127)57-137-109(131)73-23-15-69(16-24-73)105-84-38-86(96(124)36-82(84)56-122)107(71-19-27-75(28-20-71)111(133)139-59-103(129)143-119-49-67-33-79(93(119)13-3)53-115(7,45-67)63-119)90-40-88(98(126)42-100(90)136-10)108(72-21-29-76(30-22-72)112(134)140-60-104(130)144-120-50-68-34-80(94(120)14-4)54-116(8,46-68)64-120)89-39-87(97(125)41-99(89)135-9)106(83-37-85(105)95(123)35-81(83)55-121)70-17-25-74(26-18-70)110(132)138-58-102(128)142-118-48-66-32-78(92(118)12-2)52-114(6,44-66)62-118/h15-30,35-42,65-68,77-80,91-94,105-108,121-126H,11-14,31-34,43-64H2,1-10H3. The number of carbonyl (C=O) groups excluding carboxylic acids is 8. The summed E-state index contributed by atoms with van der Waals surface area (Å²) in [6, 6.07) is 37.7. The van der Waals surface area contributed by atoms with E-state index in [1.54, 1.807) is 72.8 Å². The number of aliphatic hydroxyl groups excluding tert-OH is 2. The number of aromatic hydroxyl groups is 4. The van der Waals surface area contributed by atoms with Crippen molar-refractivity contribution in [2.24, 2.45) is 92.7 Å². The van der Waals surface area contributed by atoms with Crippen molar-refractivity contribution in [3.63, 3.8) is 0 Å². The van der Waals surface area contributed by atoms with Crippen LogP contribution in [0, 0.1) is 92.7 Å². The molecule has 24 bridgehead atoms. The largest absolute Gasteiger partial charge is 0.508 e. The first kappa shape index (κ1) is 98.3. The van der Waals surface area contributed by atoms with Crippen LogP contribution in [-0.2, 0) is 70.3 Å². The second-order valence-electron chi connectivity index (χ2n) is 47.4. The lowest BCUT2D eigenvalue weighted by atomic mass is 9.44. The number of phenolic OH excluding ortho intramolecular Hbond substituents is 4. The summed E-state index contributed by atoms with van der Waals surface area (Å²) < 4.78 is 62.3. The highest BCUT2D eigenvalue weighted by molar-refractivity contribution is 5.93. The summed E-state index contributed by atoms with van der Waals surface area (Å²) in [7, 11) is 2.82. The van der Waals surface area contributed by atoms with Gasteiger partial charge in [0.25, 0.3) is 0 Å². The summed E-state index contributed by atoms with van der Waals surface area (Å²) in [5.74, 6) is -7.97. The molecule has 0 spiro atoms. The van der Waals surface area contributed by atoms with Crippen molar-refractivity contribution in [3.05, 3.63) is 246 Å². The van der Waals surface area contributed by atoms with Gasteiger partial charge in [0.15, 0.2) is 26.4 Å². The zero-order valence-electron chi connectivity index (χ0n) is 84.3. The average molecular weight is 1960 g/mol. The summed E-state index contributed by atoms with van der Waals surface area (Å²) >= 11 is 0. The topological polar surface area (TPSA) is 350 Å². The molecule has 0 heterocycles. The first-order chi connectivity index (χ1) is 69.0. The maximum Gasteiger partial charge on any atom is 0.344 e. The fourth-order valence-electron chi connectivity index (χ4n) is 34.2. The highest BCUT2D eigenvalue weighted by atomic mass is 16.6. The van der Waals surface area contributed by atoms with E-state index >= 15 is 0 Å². The molecule has 24 unspecified atom stereocenters. The van der Waals surface area contributed by atoms with E-state index in [1.165, 1.54) is 87.0 Å². The maximum atomic E-state index is 14.6. The molecule has 0 saturated heterocycles. The van der Waals surface area contributed by atoms with Crippen molar-refractivity contribution in [3.8, 4) is 34.5 Å². The van der Waals surface area contributed by atoms with Crippen molar-refractivity contribution in [1.82, 2.24) is 0 Å². The van der Waals surface area contributed by atoms with E-state index < -0.39 is 133 Å².